The lowest BCUT2D eigenvalue weighted by molar-refractivity contribution is -0.152. The van der Waals surface area contributed by atoms with Crippen molar-refractivity contribution in [3.05, 3.63) is 0 Å². The number of hydrogen-bond acceptors (Lipinski definition) is 2. The minimum Gasteiger partial charge on any atom is -0.342 e. The molecule has 120 valence electrons. The van der Waals surface area contributed by atoms with Crippen LogP contribution in [0.5, 0.6) is 0 Å². The van der Waals surface area contributed by atoms with Crippen molar-refractivity contribution in [2.45, 2.75) is 71.9 Å². The largest absolute Gasteiger partial charge is 0.342 e. The zero-order chi connectivity index (χ0) is 15.6. The van der Waals surface area contributed by atoms with Crippen molar-refractivity contribution < 1.29 is 9.59 Å². The second-order valence-corrected chi connectivity index (χ2v) is 7.30. The van der Waals surface area contributed by atoms with E-state index in [-0.39, 0.29) is 29.8 Å². The van der Waals surface area contributed by atoms with E-state index in [1.807, 2.05) is 11.8 Å². The lowest BCUT2D eigenvalue weighted by atomic mass is 9.83. The van der Waals surface area contributed by atoms with Gasteiger partial charge in [-0.3, -0.25) is 9.59 Å². The summed E-state index contributed by atoms with van der Waals surface area (Å²) in [5.41, 5.74) is 0. The third-order valence-electron chi connectivity index (χ3n) is 5.11. The van der Waals surface area contributed by atoms with Gasteiger partial charge < -0.3 is 10.2 Å². The topological polar surface area (TPSA) is 49.4 Å². The van der Waals surface area contributed by atoms with Crippen molar-refractivity contribution in [1.82, 2.24) is 10.2 Å². The van der Waals surface area contributed by atoms with Gasteiger partial charge in [0.1, 0.15) is 12.1 Å². The van der Waals surface area contributed by atoms with Gasteiger partial charge in [-0.2, -0.15) is 0 Å². The molecule has 1 aliphatic heterocycles. The molecule has 3 unspecified atom stereocenters. The van der Waals surface area contributed by atoms with E-state index in [2.05, 4.69) is 26.1 Å². The minimum absolute atomic E-state index is 0.0490. The molecule has 0 bridgehead atoms. The number of hydrogen-bond donors (Lipinski definition) is 1. The van der Waals surface area contributed by atoms with Gasteiger partial charge in [-0.05, 0) is 37.0 Å². The third kappa shape index (κ3) is 3.58. The highest BCUT2D eigenvalue weighted by Crippen LogP contribution is 2.30. The van der Waals surface area contributed by atoms with Crippen molar-refractivity contribution in [3.8, 4) is 0 Å². The second-order valence-electron chi connectivity index (χ2n) is 7.30. The number of amides is 2. The van der Waals surface area contributed by atoms with Crippen LogP contribution in [-0.2, 0) is 9.59 Å². The summed E-state index contributed by atoms with van der Waals surface area (Å²) in [6.07, 6.45) is 5.34. The molecule has 0 spiro atoms. The highest BCUT2D eigenvalue weighted by atomic mass is 16.2. The average Bonchev–Trinajstić information content (AvgIpc) is 2.38. The van der Waals surface area contributed by atoms with E-state index in [1.165, 1.54) is 19.3 Å². The van der Waals surface area contributed by atoms with Crippen LogP contribution in [0.3, 0.4) is 0 Å². The maximum absolute atomic E-state index is 12.9. The second kappa shape index (κ2) is 6.80. The molecule has 0 aromatic carbocycles. The molecule has 2 rings (SSSR count). The molecule has 2 aliphatic rings. The van der Waals surface area contributed by atoms with Crippen LogP contribution in [-0.4, -0.2) is 35.3 Å². The van der Waals surface area contributed by atoms with E-state index < -0.39 is 0 Å². The Balaban J connectivity index is 2.16. The van der Waals surface area contributed by atoms with Gasteiger partial charge in [-0.1, -0.05) is 40.5 Å². The fourth-order valence-corrected chi connectivity index (χ4v) is 3.26. The summed E-state index contributed by atoms with van der Waals surface area (Å²) in [6, 6.07) is -0.593. The van der Waals surface area contributed by atoms with Crippen molar-refractivity contribution in [2.75, 3.05) is 6.54 Å². The van der Waals surface area contributed by atoms with Gasteiger partial charge in [-0.15, -0.1) is 0 Å². The molecule has 1 N–H and O–H groups in total. The normalized spacial score (nSPS) is 28.5. The Labute approximate surface area is 128 Å². The first-order chi connectivity index (χ1) is 9.93. The van der Waals surface area contributed by atoms with Crippen LogP contribution in [0.15, 0.2) is 0 Å². The van der Waals surface area contributed by atoms with E-state index in [4.69, 9.17) is 0 Å². The predicted molar refractivity (Wildman–Crippen MR) is 83.7 cm³/mol. The smallest absolute Gasteiger partial charge is 0.246 e. The van der Waals surface area contributed by atoms with Crippen LogP contribution in [0, 0.1) is 17.8 Å². The zero-order valence-electron chi connectivity index (χ0n) is 13.9. The van der Waals surface area contributed by atoms with Gasteiger partial charge in [0.2, 0.25) is 11.8 Å². The van der Waals surface area contributed by atoms with Gasteiger partial charge in [-0.25, -0.2) is 0 Å². The van der Waals surface area contributed by atoms with Crippen LogP contribution < -0.4 is 5.32 Å². The molecular weight excluding hydrogens is 264 g/mol. The highest BCUT2D eigenvalue weighted by molar-refractivity contribution is 5.97. The first-order valence-corrected chi connectivity index (χ1v) is 8.54. The number of nitrogens with one attached hydrogen (secondary N) is 1. The van der Waals surface area contributed by atoms with E-state index in [0.29, 0.717) is 11.8 Å². The van der Waals surface area contributed by atoms with Crippen LogP contribution in [0.4, 0.5) is 0 Å². The summed E-state index contributed by atoms with van der Waals surface area (Å²) in [6.45, 7) is 9.12. The molecule has 4 nitrogen and oxygen atoms in total. The van der Waals surface area contributed by atoms with E-state index >= 15 is 0 Å². The lowest BCUT2D eigenvalue weighted by Gasteiger charge is -2.44. The molecule has 2 amide bonds. The minimum atomic E-state index is -0.328. The molecule has 1 saturated heterocycles. The fourth-order valence-electron chi connectivity index (χ4n) is 3.26. The number of carbonyl (C=O) groups is 2. The lowest BCUT2D eigenvalue weighted by Crippen LogP contribution is -2.65. The quantitative estimate of drug-likeness (QED) is 0.818. The molecule has 4 heteroatoms. The molecule has 1 heterocycles. The molecule has 2 fully saturated rings. The van der Waals surface area contributed by atoms with Crippen LogP contribution in [0.25, 0.3) is 0 Å². The number of rotatable bonds is 6. The summed E-state index contributed by atoms with van der Waals surface area (Å²) < 4.78 is 0. The van der Waals surface area contributed by atoms with E-state index in [1.54, 1.807) is 0 Å². The summed E-state index contributed by atoms with van der Waals surface area (Å²) in [7, 11) is 0. The Bertz CT molecular complexity index is 390. The first-order valence-electron chi connectivity index (χ1n) is 8.54. The monoisotopic (exact) mass is 294 g/mol. The van der Waals surface area contributed by atoms with Gasteiger partial charge in [0.15, 0.2) is 0 Å². The summed E-state index contributed by atoms with van der Waals surface area (Å²) in [4.78, 5) is 27.3. The maximum Gasteiger partial charge on any atom is 0.246 e. The maximum atomic E-state index is 12.9. The molecule has 3 atom stereocenters. The number of carbonyl (C=O) groups excluding carboxylic acids is 2. The van der Waals surface area contributed by atoms with Gasteiger partial charge >= 0.3 is 0 Å². The van der Waals surface area contributed by atoms with Crippen molar-refractivity contribution in [1.29, 1.82) is 0 Å². The summed E-state index contributed by atoms with van der Waals surface area (Å²) >= 11 is 0. The fraction of sp³-hybridized carbons (Fsp3) is 0.882. The van der Waals surface area contributed by atoms with Crippen molar-refractivity contribution >= 4 is 11.8 Å². The molecule has 0 radical (unpaired) electrons. The first kappa shape index (κ1) is 16.3. The predicted octanol–water partition coefficient (Wildman–Crippen LogP) is 2.57. The van der Waals surface area contributed by atoms with E-state index in [9.17, 15) is 9.59 Å². The van der Waals surface area contributed by atoms with Gasteiger partial charge in [0.25, 0.3) is 0 Å². The molecule has 1 aliphatic carbocycles. The van der Waals surface area contributed by atoms with Crippen LogP contribution in [0.2, 0.25) is 0 Å². The summed E-state index contributed by atoms with van der Waals surface area (Å²) in [5, 5.41) is 2.98. The number of piperazine rings is 1. The Hall–Kier alpha value is -1.06. The van der Waals surface area contributed by atoms with Crippen LogP contribution >= 0.6 is 0 Å². The zero-order valence-corrected chi connectivity index (χ0v) is 13.9. The number of nitrogens with zero attached hydrogens (tertiary/aromatic N) is 1. The Morgan fingerprint density at radius 1 is 1.24 bits per heavy atom. The standard InChI is InChI=1S/C17H30N2O2/c1-5-12(4)15-17(21)19(10-13-7-6-8-13)14(9-11(2)3)16(20)18-15/h11-15H,5-10H2,1-4H3,(H,18,20). The van der Waals surface area contributed by atoms with Crippen LogP contribution in [0.1, 0.15) is 59.8 Å². The molecule has 21 heavy (non-hydrogen) atoms. The van der Waals surface area contributed by atoms with Gasteiger partial charge in [0.05, 0.1) is 0 Å². The molecule has 1 saturated carbocycles. The average molecular weight is 294 g/mol. The molecule has 0 aromatic heterocycles. The Morgan fingerprint density at radius 3 is 2.38 bits per heavy atom. The highest BCUT2D eigenvalue weighted by Gasteiger charge is 2.43. The van der Waals surface area contributed by atoms with Crippen molar-refractivity contribution in [3.63, 3.8) is 0 Å². The molecule has 0 aromatic rings. The third-order valence-corrected chi connectivity index (χ3v) is 5.11. The summed E-state index contributed by atoms with van der Waals surface area (Å²) in [5.74, 6) is 1.41. The Morgan fingerprint density at radius 2 is 1.90 bits per heavy atom. The van der Waals surface area contributed by atoms with Gasteiger partial charge in [0, 0.05) is 6.54 Å². The van der Waals surface area contributed by atoms with Crippen molar-refractivity contribution in [2.24, 2.45) is 17.8 Å². The van der Waals surface area contributed by atoms with E-state index in [0.717, 1.165) is 19.4 Å². The SMILES string of the molecule is CCC(C)C1NC(=O)C(CC(C)C)N(CC2CCC2)C1=O. The molecular formula is C17H30N2O2. The Kier molecular flexibility index (Phi) is 5.28.